The molecule has 0 heterocycles. The topological polar surface area (TPSA) is 63.3 Å². The molecule has 1 saturated carbocycles. The standard InChI is InChI=1S/C8H15NO2.ClH/c1-8(9)5-3-2-4-6(8)7(10)11;/h6H,2-5,9H2,1H3,(H,10,11);1H/t6-,8+;/m1./s1. The molecule has 3 nitrogen and oxygen atoms in total. The molecule has 0 aromatic heterocycles. The van der Waals surface area contributed by atoms with Gasteiger partial charge in [-0.2, -0.15) is 0 Å². The van der Waals surface area contributed by atoms with Gasteiger partial charge in [0.05, 0.1) is 5.92 Å². The van der Waals surface area contributed by atoms with Crippen molar-refractivity contribution in [3.05, 3.63) is 0 Å². The lowest BCUT2D eigenvalue weighted by atomic mass is 9.75. The zero-order valence-corrected chi connectivity index (χ0v) is 8.06. The molecule has 0 saturated heterocycles. The maximum absolute atomic E-state index is 10.7. The molecule has 3 N–H and O–H groups in total. The third-order valence-corrected chi connectivity index (χ3v) is 2.55. The maximum atomic E-state index is 10.7. The van der Waals surface area contributed by atoms with Crippen LogP contribution in [-0.4, -0.2) is 16.6 Å². The van der Waals surface area contributed by atoms with Crippen LogP contribution in [0.2, 0.25) is 0 Å². The van der Waals surface area contributed by atoms with Crippen molar-refractivity contribution in [3.63, 3.8) is 0 Å². The molecule has 0 aliphatic heterocycles. The van der Waals surface area contributed by atoms with Crippen LogP contribution in [0.15, 0.2) is 0 Å². The first kappa shape index (κ1) is 11.7. The monoisotopic (exact) mass is 193 g/mol. The highest BCUT2D eigenvalue weighted by Crippen LogP contribution is 2.31. The van der Waals surface area contributed by atoms with E-state index in [0.29, 0.717) is 0 Å². The first-order valence-corrected chi connectivity index (χ1v) is 4.06. The van der Waals surface area contributed by atoms with Gasteiger partial charge in [-0.3, -0.25) is 4.79 Å². The van der Waals surface area contributed by atoms with E-state index in [4.69, 9.17) is 10.8 Å². The average Bonchev–Trinajstić information content (AvgIpc) is 1.85. The van der Waals surface area contributed by atoms with Crippen LogP contribution in [0.5, 0.6) is 0 Å². The number of carbonyl (C=O) groups is 1. The van der Waals surface area contributed by atoms with E-state index in [-0.39, 0.29) is 18.3 Å². The highest BCUT2D eigenvalue weighted by molar-refractivity contribution is 5.85. The summed E-state index contributed by atoms with van der Waals surface area (Å²) in [7, 11) is 0. The Hall–Kier alpha value is -0.280. The fraction of sp³-hybridized carbons (Fsp3) is 0.875. The lowest BCUT2D eigenvalue weighted by Gasteiger charge is -2.35. The zero-order chi connectivity index (χ0) is 8.48. The second kappa shape index (κ2) is 4.10. The van der Waals surface area contributed by atoms with Crippen molar-refractivity contribution in [1.29, 1.82) is 0 Å². The summed E-state index contributed by atoms with van der Waals surface area (Å²) < 4.78 is 0. The van der Waals surface area contributed by atoms with E-state index < -0.39 is 11.5 Å². The Balaban J connectivity index is 0.00000121. The van der Waals surface area contributed by atoms with Crippen LogP contribution in [0.1, 0.15) is 32.6 Å². The third kappa shape index (κ3) is 2.35. The summed E-state index contributed by atoms with van der Waals surface area (Å²) >= 11 is 0. The number of hydrogen-bond donors (Lipinski definition) is 2. The number of carboxylic acids is 1. The molecule has 0 radical (unpaired) electrons. The van der Waals surface area contributed by atoms with Crippen molar-refractivity contribution in [2.45, 2.75) is 38.1 Å². The SMILES string of the molecule is C[C@]1(N)CCCC[C@@H]1C(=O)O.Cl. The van der Waals surface area contributed by atoms with E-state index in [1.165, 1.54) is 0 Å². The Kier molecular flexibility index (Phi) is 4.00. The van der Waals surface area contributed by atoms with Gasteiger partial charge in [0.15, 0.2) is 0 Å². The molecule has 0 aromatic carbocycles. The van der Waals surface area contributed by atoms with Crippen LogP contribution in [0.4, 0.5) is 0 Å². The van der Waals surface area contributed by atoms with E-state index in [1.807, 2.05) is 6.92 Å². The molecule has 0 amide bonds. The number of hydrogen-bond acceptors (Lipinski definition) is 2. The molecular formula is C8H16ClNO2. The number of halogens is 1. The quantitative estimate of drug-likeness (QED) is 0.662. The molecule has 0 bridgehead atoms. The van der Waals surface area contributed by atoms with Gasteiger partial charge < -0.3 is 10.8 Å². The summed E-state index contributed by atoms with van der Waals surface area (Å²) in [5.74, 6) is -1.08. The van der Waals surface area contributed by atoms with Crippen molar-refractivity contribution in [2.24, 2.45) is 11.7 Å². The van der Waals surface area contributed by atoms with Gasteiger partial charge in [-0.15, -0.1) is 12.4 Å². The van der Waals surface area contributed by atoms with Crippen LogP contribution in [0.3, 0.4) is 0 Å². The summed E-state index contributed by atoms with van der Waals surface area (Å²) in [5, 5.41) is 8.79. The second-order valence-corrected chi connectivity index (χ2v) is 3.64. The van der Waals surface area contributed by atoms with E-state index in [2.05, 4.69) is 0 Å². The summed E-state index contributed by atoms with van der Waals surface area (Å²) in [6.07, 6.45) is 3.65. The van der Waals surface area contributed by atoms with Gasteiger partial charge >= 0.3 is 5.97 Å². The first-order chi connectivity index (χ1) is 5.04. The Morgan fingerprint density at radius 1 is 1.58 bits per heavy atom. The Bertz CT molecular complexity index is 170. The zero-order valence-electron chi connectivity index (χ0n) is 7.25. The molecule has 1 aliphatic rings. The summed E-state index contributed by atoms with van der Waals surface area (Å²) in [6, 6.07) is 0. The summed E-state index contributed by atoms with van der Waals surface area (Å²) in [5.41, 5.74) is 5.36. The molecule has 0 aromatic rings. The van der Waals surface area contributed by atoms with Crippen molar-refractivity contribution >= 4 is 18.4 Å². The molecule has 0 spiro atoms. The largest absolute Gasteiger partial charge is 0.481 e. The van der Waals surface area contributed by atoms with Gasteiger partial charge in [0.2, 0.25) is 0 Å². The van der Waals surface area contributed by atoms with E-state index >= 15 is 0 Å². The number of nitrogens with two attached hydrogens (primary N) is 1. The fourth-order valence-electron chi connectivity index (χ4n) is 1.76. The number of rotatable bonds is 1. The Morgan fingerprint density at radius 2 is 2.17 bits per heavy atom. The third-order valence-electron chi connectivity index (χ3n) is 2.55. The van der Waals surface area contributed by atoms with Crippen LogP contribution >= 0.6 is 12.4 Å². The van der Waals surface area contributed by atoms with Crippen LogP contribution in [-0.2, 0) is 4.79 Å². The van der Waals surface area contributed by atoms with Gasteiger partial charge in [0, 0.05) is 5.54 Å². The highest BCUT2D eigenvalue weighted by atomic mass is 35.5. The van der Waals surface area contributed by atoms with Crippen LogP contribution in [0, 0.1) is 5.92 Å². The molecule has 1 rings (SSSR count). The predicted molar refractivity (Wildman–Crippen MR) is 49.4 cm³/mol. The lowest BCUT2D eigenvalue weighted by molar-refractivity contribution is -0.145. The lowest BCUT2D eigenvalue weighted by Crippen LogP contribution is -2.49. The van der Waals surface area contributed by atoms with Crippen molar-refractivity contribution in [1.82, 2.24) is 0 Å². The van der Waals surface area contributed by atoms with Gasteiger partial charge in [0.1, 0.15) is 0 Å². The molecular weight excluding hydrogens is 178 g/mol. The minimum atomic E-state index is -0.741. The van der Waals surface area contributed by atoms with Crippen LogP contribution in [0.25, 0.3) is 0 Å². The molecule has 0 unspecified atom stereocenters. The average molecular weight is 194 g/mol. The first-order valence-electron chi connectivity index (χ1n) is 4.06. The normalized spacial score (nSPS) is 35.3. The second-order valence-electron chi connectivity index (χ2n) is 3.64. The van der Waals surface area contributed by atoms with Gasteiger partial charge in [0.25, 0.3) is 0 Å². The smallest absolute Gasteiger partial charge is 0.308 e. The Morgan fingerprint density at radius 3 is 2.50 bits per heavy atom. The molecule has 4 heteroatoms. The highest BCUT2D eigenvalue weighted by Gasteiger charge is 2.37. The molecule has 1 fully saturated rings. The Labute approximate surface area is 78.7 Å². The predicted octanol–water partition coefficient (Wildman–Crippen LogP) is 1.40. The van der Waals surface area contributed by atoms with E-state index in [0.717, 1.165) is 25.7 Å². The minimum absolute atomic E-state index is 0. The maximum Gasteiger partial charge on any atom is 0.308 e. The van der Waals surface area contributed by atoms with E-state index in [1.54, 1.807) is 0 Å². The summed E-state index contributed by atoms with van der Waals surface area (Å²) in [4.78, 5) is 10.7. The van der Waals surface area contributed by atoms with Gasteiger partial charge in [-0.05, 0) is 19.8 Å². The summed E-state index contributed by atoms with van der Waals surface area (Å²) in [6.45, 7) is 1.84. The molecule has 2 atom stereocenters. The van der Waals surface area contributed by atoms with Gasteiger partial charge in [-0.25, -0.2) is 0 Å². The van der Waals surface area contributed by atoms with Crippen molar-refractivity contribution in [2.75, 3.05) is 0 Å². The molecule has 72 valence electrons. The van der Waals surface area contributed by atoms with E-state index in [9.17, 15) is 4.79 Å². The number of carboxylic acid groups (broad SMARTS) is 1. The van der Waals surface area contributed by atoms with Crippen LogP contribution < -0.4 is 5.73 Å². The van der Waals surface area contributed by atoms with Crippen molar-refractivity contribution < 1.29 is 9.90 Å². The fourth-order valence-corrected chi connectivity index (χ4v) is 1.76. The van der Waals surface area contributed by atoms with Gasteiger partial charge in [-0.1, -0.05) is 12.8 Å². The molecule has 12 heavy (non-hydrogen) atoms. The number of aliphatic carboxylic acids is 1. The minimum Gasteiger partial charge on any atom is -0.481 e. The molecule has 1 aliphatic carbocycles. The van der Waals surface area contributed by atoms with Crippen molar-refractivity contribution in [3.8, 4) is 0 Å².